The van der Waals surface area contributed by atoms with Gasteiger partial charge in [-0.05, 0) is 54.7 Å². The molecule has 2 aromatic rings. The normalized spacial score (nSPS) is 15.9. The van der Waals surface area contributed by atoms with Gasteiger partial charge in [-0.3, -0.25) is 4.79 Å². The van der Waals surface area contributed by atoms with Gasteiger partial charge in [-0.2, -0.15) is 0 Å². The maximum atomic E-state index is 11.1. The smallest absolute Gasteiger partial charge is 0.305 e. The van der Waals surface area contributed by atoms with E-state index in [1.54, 1.807) is 4.68 Å². The van der Waals surface area contributed by atoms with Crippen molar-refractivity contribution in [3.8, 4) is 11.4 Å². The summed E-state index contributed by atoms with van der Waals surface area (Å²) in [6, 6.07) is 5.96. The van der Waals surface area contributed by atoms with Crippen molar-refractivity contribution in [2.24, 2.45) is 5.92 Å². The summed E-state index contributed by atoms with van der Waals surface area (Å²) in [5.41, 5.74) is 3.18. The number of rotatable bonds is 5. The molecule has 1 heterocycles. The molecule has 0 spiro atoms. The van der Waals surface area contributed by atoms with Gasteiger partial charge in [-0.25, -0.2) is 4.68 Å². The van der Waals surface area contributed by atoms with Crippen LogP contribution in [0.1, 0.15) is 36.4 Å². The van der Waals surface area contributed by atoms with E-state index in [9.17, 15) is 4.79 Å². The quantitative estimate of drug-likeness (QED) is 0.912. The predicted octanol–water partition coefficient (Wildman–Crippen LogP) is 2.38. The van der Waals surface area contributed by atoms with Crippen LogP contribution < -0.4 is 0 Å². The molecule has 0 saturated heterocycles. The molecule has 3 rings (SSSR count). The van der Waals surface area contributed by atoms with Crippen LogP contribution in [0.5, 0.6) is 0 Å². The number of hydrogen-bond acceptors (Lipinski definition) is 4. The molecule has 1 aliphatic rings. The number of aromatic nitrogens is 4. The highest BCUT2D eigenvalue weighted by Gasteiger charge is 2.36. The number of benzene rings is 1. The molecule has 1 fully saturated rings. The Bertz CT molecular complexity index is 676. The summed E-state index contributed by atoms with van der Waals surface area (Å²) in [6.07, 6.45) is 2.15. The third kappa shape index (κ3) is 2.79. The molecule has 0 amide bonds. The van der Waals surface area contributed by atoms with E-state index in [1.807, 2.05) is 32.0 Å². The molecule has 6 heteroatoms. The van der Waals surface area contributed by atoms with Crippen molar-refractivity contribution in [1.82, 2.24) is 20.2 Å². The highest BCUT2D eigenvalue weighted by Crippen LogP contribution is 2.42. The van der Waals surface area contributed by atoms with E-state index in [0.29, 0.717) is 11.7 Å². The van der Waals surface area contributed by atoms with Gasteiger partial charge in [-0.1, -0.05) is 17.7 Å². The standard InChI is InChI=1S/C15H18N4O2/c1-9-3-4-10(2)12(7-9)15-16-17-18-19(15)13(8-14(20)21)11-5-6-11/h3-4,7,11,13H,5-6,8H2,1-2H3,(H,20,21). The first kappa shape index (κ1) is 13.7. The summed E-state index contributed by atoms with van der Waals surface area (Å²) in [4.78, 5) is 11.1. The van der Waals surface area contributed by atoms with E-state index < -0.39 is 5.97 Å². The second kappa shape index (κ2) is 5.27. The van der Waals surface area contributed by atoms with Crippen LogP contribution in [-0.2, 0) is 4.79 Å². The Labute approximate surface area is 122 Å². The van der Waals surface area contributed by atoms with Gasteiger partial charge in [0.15, 0.2) is 5.82 Å². The van der Waals surface area contributed by atoms with Crippen LogP contribution in [-0.4, -0.2) is 31.3 Å². The lowest BCUT2D eigenvalue weighted by atomic mass is 10.0. The summed E-state index contributed by atoms with van der Waals surface area (Å²) < 4.78 is 1.70. The molecule has 1 N–H and O–H groups in total. The number of nitrogens with zero attached hydrogens (tertiary/aromatic N) is 4. The lowest BCUT2D eigenvalue weighted by molar-refractivity contribution is -0.138. The van der Waals surface area contributed by atoms with E-state index in [2.05, 4.69) is 15.5 Å². The lowest BCUT2D eigenvalue weighted by Crippen LogP contribution is -2.18. The average molecular weight is 286 g/mol. The average Bonchev–Trinajstić information content (AvgIpc) is 3.16. The van der Waals surface area contributed by atoms with Crippen molar-refractivity contribution in [2.45, 2.75) is 39.2 Å². The molecule has 1 aliphatic carbocycles. The summed E-state index contributed by atoms with van der Waals surface area (Å²) in [6.45, 7) is 4.03. The van der Waals surface area contributed by atoms with Crippen molar-refractivity contribution >= 4 is 5.97 Å². The van der Waals surface area contributed by atoms with Gasteiger partial charge >= 0.3 is 5.97 Å². The minimum Gasteiger partial charge on any atom is -0.481 e. The van der Waals surface area contributed by atoms with Gasteiger partial charge in [0.05, 0.1) is 12.5 Å². The maximum Gasteiger partial charge on any atom is 0.305 e. The highest BCUT2D eigenvalue weighted by molar-refractivity contribution is 5.68. The molecule has 1 aromatic carbocycles. The van der Waals surface area contributed by atoms with Crippen molar-refractivity contribution in [3.05, 3.63) is 29.3 Å². The van der Waals surface area contributed by atoms with Crippen LogP contribution in [0.2, 0.25) is 0 Å². The third-order valence-electron chi connectivity index (χ3n) is 3.99. The SMILES string of the molecule is Cc1ccc(C)c(-c2nnnn2C(CC(=O)O)C2CC2)c1. The minimum atomic E-state index is -0.811. The van der Waals surface area contributed by atoms with E-state index >= 15 is 0 Å². The monoisotopic (exact) mass is 286 g/mol. The molecule has 6 nitrogen and oxygen atoms in total. The number of carboxylic acid groups (broad SMARTS) is 1. The zero-order chi connectivity index (χ0) is 15.0. The molecular weight excluding hydrogens is 268 g/mol. The van der Waals surface area contributed by atoms with Gasteiger partial charge < -0.3 is 5.11 Å². The third-order valence-corrected chi connectivity index (χ3v) is 3.99. The lowest BCUT2D eigenvalue weighted by Gasteiger charge is -2.16. The van der Waals surface area contributed by atoms with Crippen molar-refractivity contribution in [1.29, 1.82) is 0 Å². The van der Waals surface area contributed by atoms with E-state index in [0.717, 1.165) is 29.5 Å². The number of aryl methyl sites for hydroxylation is 2. The van der Waals surface area contributed by atoms with Crippen LogP contribution >= 0.6 is 0 Å². The predicted molar refractivity (Wildman–Crippen MR) is 76.7 cm³/mol. The molecular formula is C15H18N4O2. The van der Waals surface area contributed by atoms with Crippen LogP contribution in [0, 0.1) is 19.8 Å². The second-order valence-corrected chi connectivity index (χ2v) is 5.77. The number of carboxylic acids is 1. The van der Waals surface area contributed by atoms with Crippen LogP contribution in [0.3, 0.4) is 0 Å². The Morgan fingerprint density at radius 2 is 2.19 bits per heavy atom. The number of aliphatic carboxylic acids is 1. The summed E-state index contributed by atoms with van der Waals surface area (Å²) in [5.74, 6) is 0.220. The number of tetrazole rings is 1. The fraction of sp³-hybridized carbons (Fsp3) is 0.467. The van der Waals surface area contributed by atoms with Crippen LogP contribution in [0.15, 0.2) is 18.2 Å². The van der Waals surface area contributed by atoms with E-state index in [4.69, 9.17) is 5.11 Å². The molecule has 21 heavy (non-hydrogen) atoms. The molecule has 0 radical (unpaired) electrons. The fourth-order valence-electron chi connectivity index (χ4n) is 2.68. The summed E-state index contributed by atoms with van der Waals surface area (Å²) in [5, 5.41) is 21.1. The second-order valence-electron chi connectivity index (χ2n) is 5.77. The molecule has 0 aliphatic heterocycles. The first-order chi connectivity index (χ1) is 10.1. The van der Waals surface area contributed by atoms with Crippen molar-refractivity contribution in [3.63, 3.8) is 0 Å². The first-order valence-corrected chi connectivity index (χ1v) is 7.13. The zero-order valence-electron chi connectivity index (χ0n) is 12.2. The maximum absolute atomic E-state index is 11.1. The molecule has 0 bridgehead atoms. The van der Waals surface area contributed by atoms with Gasteiger partial charge in [0.1, 0.15) is 0 Å². The Balaban J connectivity index is 2.03. The largest absolute Gasteiger partial charge is 0.481 e. The Kier molecular flexibility index (Phi) is 3.45. The van der Waals surface area contributed by atoms with E-state index in [1.165, 1.54) is 0 Å². The Morgan fingerprint density at radius 3 is 2.86 bits per heavy atom. The van der Waals surface area contributed by atoms with Gasteiger partial charge in [0.2, 0.25) is 0 Å². The highest BCUT2D eigenvalue weighted by atomic mass is 16.4. The molecule has 1 unspecified atom stereocenters. The summed E-state index contributed by atoms with van der Waals surface area (Å²) >= 11 is 0. The fourth-order valence-corrected chi connectivity index (χ4v) is 2.68. The Hall–Kier alpha value is -2.24. The number of carbonyl (C=O) groups is 1. The van der Waals surface area contributed by atoms with E-state index in [-0.39, 0.29) is 12.5 Å². The minimum absolute atomic E-state index is 0.0631. The topological polar surface area (TPSA) is 80.9 Å². The zero-order valence-corrected chi connectivity index (χ0v) is 12.2. The van der Waals surface area contributed by atoms with Crippen molar-refractivity contribution in [2.75, 3.05) is 0 Å². The van der Waals surface area contributed by atoms with Crippen molar-refractivity contribution < 1.29 is 9.90 Å². The van der Waals surface area contributed by atoms with Gasteiger partial charge in [-0.15, -0.1) is 5.10 Å². The number of hydrogen-bond donors (Lipinski definition) is 1. The Morgan fingerprint density at radius 1 is 1.43 bits per heavy atom. The van der Waals surface area contributed by atoms with Gasteiger partial charge in [0.25, 0.3) is 0 Å². The molecule has 1 atom stereocenters. The molecule has 1 aromatic heterocycles. The van der Waals surface area contributed by atoms with Crippen LogP contribution in [0.25, 0.3) is 11.4 Å². The molecule has 1 saturated carbocycles. The summed E-state index contributed by atoms with van der Waals surface area (Å²) in [7, 11) is 0. The van der Waals surface area contributed by atoms with Crippen LogP contribution in [0.4, 0.5) is 0 Å². The first-order valence-electron chi connectivity index (χ1n) is 7.13. The molecule has 110 valence electrons. The van der Waals surface area contributed by atoms with Gasteiger partial charge in [0, 0.05) is 5.56 Å².